The maximum atomic E-state index is 12.5. The summed E-state index contributed by atoms with van der Waals surface area (Å²) in [4.78, 5) is 17.3. The Bertz CT molecular complexity index is 1160. The first-order valence-electron chi connectivity index (χ1n) is 10.6. The Morgan fingerprint density at radius 1 is 0.968 bits per heavy atom. The summed E-state index contributed by atoms with van der Waals surface area (Å²) in [6.45, 7) is 5.76. The lowest BCUT2D eigenvalue weighted by Gasteiger charge is -2.11. The largest absolute Gasteiger partial charge is 0.494 e. The molecule has 4 rings (SSSR count). The standard InChI is InChI=1S/C26H27N3O2/c1-3-31-22-14-12-20(13-15-22)16-26(30)27-17-25-28-23-6-4-5-7-24(23)29(25)18-21-10-8-19(2)9-11-21/h4-15H,3,16-18H2,1-2H3,(H,27,30). The first kappa shape index (κ1) is 20.7. The van der Waals surface area contributed by atoms with Crippen LogP contribution in [0, 0.1) is 6.92 Å². The number of carbonyl (C=O) groups excluding carboxylic acids is 1. The van der Waals surface area contributed by atoms with Crippen LogP contribution in [0.25, 0.3) is 11.0 Å². The minimum Gasteiger partial charge on any atom is -0.494 e. The second kappa shape index (κ2) is 9.47. The van der Waals surface area contributed by atoms with Crippen molar-refractivity contribution >= 4 is 16.9 Å². The quantitative estimate of drug-likeness (QED) is 0.457. The Hall–Kier alpha value is -3.60. The molecule has 5 heteroatoms. The van der Waals surface area contributed by atoms with E-state index < -0.39 is 0 Å². The average Bonchev–Trinajstić information content (AvgIpc) is 3.13. The van der Waals surface area contributed by atoms with Gasteiger partial charge in [0, 0.05) is 6.54 Å². The molecule has 1 N–H and O–H groups in total. The summed E-state index contributed by atoms with van der Waals surface area (Å²) in [6, 6.07) is 24.2. The van der Waals surface area contributed by atoms with Crippen molar-refractivity contribution in [2.45, 2.75) is 33.4 Å². The van der Waals surface area contributed by atoms with Gasteiger partial charge in [0.05, 0.1) is 30.6 Å². The predicted octanol–water partition coefficient (Wildman–Crippen LogP) is 4.65. The van der Waals surface area contributed by atoms with Crippen molar-refractivity contribution in [3.63, 3.8) is 0 Å². The van der Waals surface area contributed by atoms with E-state index in [4.69, 9.17) is 9.72 Å². The number of hydrogen-bond acceptors (Lipinski definition) is 3. The molecule has 0 radical (unpaired) electrons. The van der Waals surface area contributed by atoms with Gasteiger partial charge in [0.2, 0.25) is 5.91 Å². The van der Waals surface area contributed by atoms with E-state index in [9.17, 15) is 4.79 Å². The second-order valence-corrected chi connectivity index (χ2v) is 7.62. The number of carbonyl (C=O) groups is 1. The number of amides is 1. The molecule has 1 amide bonds. The van der Waals surface area contributed by atoms with E-state index >= 15 is 0 Å². The smallest absolute Gasteiger partial charge is 0.224 e. The van der Waals surface area contributed by atoms with Crippen LogP contribution in [-0.4, -0.2) is 22.1 Å². The van der Waals surface area contributed by atoms with E-state index in [0.29, 0.717) is 26.1 Å². The topological polar surface area (TPSA) is 56.1 Å². The van der Waals surface area contributed by atoms with Crippen LogP contribution in [0.1, 0.15) is 29.4 Å². The van der Waals surface area contributed by atoms with Crippen molar-refractivity contribution in [2.75, 3.05) is 6.61 Å². The number of nitrogens with one attached hydrogen (secondary N) is 1. The number of fused-ring (bicyclic) bond motifs is 1. The Balaban J connectivity index is 1.47. The van der Waals surface area contributed by atoms with Crippen LogP contribution in [-0.2, 0) is 24.3 Å². The number of rotatable bonds is 8. The third kappa shape index (κ3) is 5.12. The zero-order valence-electron chi connectivity index (χ0n) is 18.0. The molecule has 0 aliphatic heterocycles. The second-order valence-electron chi connectivity index (χ2n) is 7.62. The van der Waals surface area contributed by atoms with Crippen LogP contribution < -0.4 is 10.1 Å². The molecular weight excluding hydrogens is 386 g/mol. The maximum Gasteiger partial charge on any atom is 0.224 e. The highest BCUT2D eigenvalue weighted by Crippen LogP contribution is 2.18. The highest BCUT2D eigenvalue weighted by molar-refractivity contribution is 5.79. The molecule has 5 nitrogen and oxygen atoms in total. The Labute approximate surface area is 182 Å². The van der Waals surface area contributed by atoms with Crippen LogP contribution >= 0.6 is 0 Å². The average molecular weight is 414 g/mol. The van der Waals surface area contributed by atoms with Crippen molar-refractivity contribution < 1.29 is 9.53 Å². The van der Waals surface area contributed by atoms with Gasteiger partial charge in [-0.3, -0.25) is 4.79 Å². The Morgan fingerprint density at radius 3 is 2.42 bits per heavy atom. The summed E-state index contributed by atoms with van der Waals surface area (Å²) < 4.78 is 7.63. The van der Waals surface area contributed by atoms with Gasteiger partial charge in [0.1, 0.15) is 11.6 Å². The van der Waals surface area contributed by atoms with Crippen molar-refractivity contribution in [1.29, 1.82) is 0 Å². The van der Waals surface area contributed by atoms with Crippen molar-refractivity contribution in [3.8, 4) is 5.75 Å². The fraction of sp³-hybridized carbons (Fsp3) is 0.231. The molecule has 1 aromatic heterocycles. The van der Waals surface area contributed by atoms with E-state index in [0.717, 1.165) is 28.2 Å². The van der Waals surface area contributed by atoms with Crippen LogP contribution in [0.3, 0.4) is 0 Å². The predicted molar refractivity (Wildman–Crippen MR) is 123 cm³/mol. The summed E-state index contributed by atoms with van der Waals surface area (Å²) in [5.41, 5.74) is 5.40. The molecule has 31 heavy (non-hydrogen) atoms. The van der Waals surface area contributed by atoms with Gasteiger partial charge in [-0.05, 0) is 49.2 Å². The number of aromatic nitrogens is 2. The zero-order valence-corrected chi connectivity index (χ0v) is 18.0. The Morgan fingerprint density at radius 2 is 1.68 bits per heavy atom. The van der Waals surface area contributed by atoms with Crippen molar-refractivity contribution in [3.05, 3.63) is 95.3 Å². The lowest BCUT2D eigenvalue weighted by molar-refractivity contribution is -0.120. The molecular formula is C26H27N3O2. The number of para-hydroxylation sites is 2. The van der Waals surface area contributed by atoms with Crippen molar-refractivity contribution in [2.24, 2.45) is 0 Å². The molecule has 0 aliphatic rings. The van der Waals surface area contributed by atoms with E-state index in [1.54, 1.807) is 0 Å². The highest BCUT2D eigenvalue weighted by Gasteiger charge is 2.12. The molecule has 1 heterocycles. The lowest BCUT2D eigenvalue weighted by Crippen LogP contribution is -2.26. The molecule has 0 saturated carbocycles. The molecule has 0 fully saturated rings. The fourth-order valence-electron chi connectivity index (χ4n) is 3.61. The monoisotopic (exact) mass is 413 g/mol. The first-order valence-corrected chi connectivity index (χ1v) is 10.6. The number of hydrogen-bond donors (Lipinski definition) is 1. The minimum atomic E-state index is -0.0295. The van der Waals surface area contributed by atoms with E-state index in [1.807, 2.05) is 49.4 Å². The third-order valence-corrected chi connectivity index (χ3v) is 5.24. The molecule has 158 valence electrons. The maximum absolute atomic E-state index is 12.5. The van der Waals surface area contributed by atoms with Crippen LogP contribution in [0.5, 0.6) is 5.75 Å². The van der Waals surface area contributed by atoms with Gasteiger partial charge in [0.15, 0.2) is 0 Å². The van der Waals surface area contributed by atoms with E-state index in [-0.39, 0.29) is 5.91 Å². The lowest BCUT2D eigenvalue weighted by atomic mass is 10.1. The number of aryl methyl sites for hydroxylation is 1. The van der Waals surface area contributed by atoms with Gasteiger partial charge in [-0.15, -0.1) is 0 Å². The minimum absolute atomic E-state index is 0.0295. The Kier molecular flexibility index (Phi) is 6.32. The number of benzene rings is 3. The summed E-state index contributed by atoms with van der Waals surface area (Å²) in [7, 11) is 0. The summed E-state index contributed by atoms with van der Waals surface area (Å²) in [6.07, 6.45) is 0.324. The molecule has 0 spiro atoms. The van der Waals surface area contributed by atoms with Crippen molar-refractivity contribution in [1.82, 2.24) is 14.9 Å². The molecule has 0 aliphatic carbocycles. The van der Waals surface area contributed by atoms with Gasteiger partial charge in [-0.25, -0.2) is 4.98 Å². The summed E-state index contributed by atoms with van der Waals surface area (Å²) >= 11 is 0. The normalized spacial score (nSPS) is 10.9. The fourth-order valence-corrected chi connectivity index (χ4v) is 3.61. The van der Waals surface area contributed by atoms with E-state index in [1.165, 1.54) is 11.1 Å². The van der Waals surface area contributed by atoms with Gasteiger partial charge >= 0.3 is 0 Å². The zero-order chi connectivity index (χ0) is 21.6. The van der Waals surface area contributed by atoms with Crippen LogP contribution in [0.2, 0.25) is 0 Å². The molecule has 0 unspecified atom stereocenters. The van der Waals surface area contributed by atoms with Gasteiger partial charge in [0.25, 0.3) is 0 Å². The molecule has 0 bridgehead atoms. The van der Waals surface area contributed by atoms with Gasteiger partial charge < -0.3 is 14.6 Å². The molecule has 3 aromatic carbocycles. The van der Waals surface area contributed by atoms with Crippen LogP contribution in [0.4, 0.5) is 0 Å². The summed E-state index contributed by atoms with van der Waals surface area (Å²) in [5.74, 6) is 1.64. The molecule has 0 atom stereocenters. The first-order chi connectivity index (χ1) is 15.1. The molecule has 0 saturated heterocycles. The number of ether oxygens (including phenoxy) is 1. The summed E-state index contributed by atoms with van der Waals surface area (Å²) in [5, 5.41) is 3.03. The number of nitrogens with zero attached hydrogens (tertiary/aromatic N) is 2. The highest BCUT2D eigenvalue weighted by atomic mass is 16.5. The SMILES string of the molecule is CCOc1ccc(CC(=O)NCc2nc3ccccc3n2Cc2ccc(C)cc2)cc1. The van der Waals surface area contributed by atoms with Gasteiger partial charge in [-0.2, -0.15) is 0 Å². The molecule has 4 aromatic rings. The van der Waals surface area contributed by atoms with E-state index in [2.05, 4.69) is 47.1 Å². The number of imidazole rings is 1. The van der Waals surface area contributed by atoms with Gasteiger partial charge in [-0.1, -0.05) is 54.1 Å². The third-order valence-electron chi connectivity index (χ3n) is 5.24. The van der Waals surface area contributed by atoms with Crippen LogP contribution in [0.15, 0.2) is 72.8 Å².